The lowest BCUT2D eigenvalue weighted by molar-refractivity contribution is -0.105. The zero-order valence-electron chi connectivity index (χ0n) is 8.92. The molecule has 1 unspecified atom stereocenters. The van der Waals surface area contributed by atoms with E-state index in [1.165, 1.54) is 11.8 Å². The molecule has 0 aliphatic carbocycles. The van der Waals surface area contributed by atoms with Crippen molar-refractivity contribution in [3.63, 3.8) is 0 Å². The van der Waals surface area contributed by atoms with Crippen LogP contribution in [0.3, 0.4) is 0 Å². The van der Waals surface area contributed by atoms with Crippen LogP contribution >= 0.6 is 11.8 Å². The molecule has 0 aromatic carbocycles. The summed E-state index contributed by atoms with van der Waals surface area (Å²) < 4.78 is 5.39. The lowest BCUT2D eigenvalue weighted by Crippen LogP contribution is -2.18. The fourth-order valence-electron chi connectivity index (χ4n) is 1.02. The van der Waals surface area contributed by atoms with Crippen LogP contribution in [0.1, 0.15) is 0 Å². The molecule has 0 aliphatic rings. The van der Waals surface area contributed by atoms with Gasteiger partial charge >= 0.3 is 0 Å². The highest BCUT2D eigenvalue weighted by atomic mass is 32.2. The van der Waals surface area contributed by atoms with Gasteiger partial charge in [0, 0.05) is 18.0 Å². The Hall–Kier alpha value is -1.27. The summed E-state index contributed by atoms with van der Waals surface area (Å²) in [4.78, 5) is 14.2. The van der Waals surface area contributed by atoms with Crippen LogP contribution in [0.15, 0.2) is 18.3 Å². The smallest absolute Gasteiger partial charge is 0.215 e. The number of nitrogens with one attached hydrogen (secondary N) is 1. The number of amides is 1. The average molecular weight is 242 g/mol. The first kappa shape index (κ1) is 12.8. The van der Waals surface area contributed by atoms with E-state index in [9.17, 15) is 4.79 Å². The van der Waals surface area contributed by atoms with E-state index in [-0.39, 0.29) is 11.9 Å². The lowest BCUT2D eigenvalue weighted by Gasteiger charge is -2.12. The highest BCUT2D eigenvalue weighted by Gasteiger charge is 2.06. The summed E-state index contributed by atoms with van der Waals surface area (Å²) >= 11 is 1.53. The largest absolute Gasteiger partial charge is 0.476 e. The summed E-state index contributed by atoms with van der Waals surface area (Å²) in [6, 6.07) is 3.29. The van der Waals surface area contributed by atoms with Gasteiger partial charge in [0.05, 0.1) is 11.9 Å². The van der Waals surface area contributed by atoms with E-state index in [1.54, 1.807) is 18.3 Å². The number of thioether (sulfide) groups is 1. The third kappa shape index (κ3) is 4.08. The van der Waals surface area contributed by atoms with E-state index in [0.717, 1.165) is 0 Å². The minimum atomic E-state index is 0.0319. The Labute approximate surface area is 98.2 Å². The van der Waals surface area contributed by atoms with Gasteiger partial charge in [0.2, 0.25) is 12.3 Å². The van der Waals surface area contributed by atoms with Gasteiger partial charge < -0.3 is 15.2 Å². The zero-order chi connectivity index (χ0) is 11.8. The highest BCUT2D eigenvalue weighted by Crippen LogP contribution is 2.15. The Morgan fingerprint density at radius 1 is 1.75 bits per heavy atom. The fourth-order valence-corrected chi connectivity index (χ4v) is 1.37. The summed E-state index contributed by atoms with van der Waals surface area (Å²) in [5, 5.41) is 11.5. The second-order valence-electron chi connectivity index (χ2n) is 3.00. The Balaban J connectivity index is 2.52. The number of rotatable bonds is 7. The van der Waals surface area contributed by atoms with Crippen molar-refractivity contribution < 1.29 is 14.6 Å². The topological polar surface area (TPSA) is 71.5 Å². The molecule has 1 atom stereocenters. The third-order valence-corrected chi connectivity index (χ3v) is 2.87. The summed E-state index contributed by atoms with van der Waals surface area (Å²) in [5.74, 6) is 0.430. The van der Waals surface area contributed by atoms with Crippen molar-refractivity contribution in [2.75, 3.05) is 24.8 Å². The number of aromatic nitrogens is 1. The number of aliphatic hydroxyl groups excluding tert-OH is 1. The third-order valence-electron chi connectivity index (χ3n) is 1.91. The molecule has 0 saturated heterocycles. The Kier molecular flexibility index (Phi) is 5.66. The number of carbonyl (C=O) groups excluding carboxylic acids is 1. The Bertz CT molecular complexity index is 332. The molecule has 1 rings (SSSR count). The van der Waals surface area contributed by atoms with Gasteiger partial charge in [0.1, 0.15) is 6.61 Å². The standard InChI is InChI=1S/C10H14N2O3S/c1-16-9(5-13)6-15-10-4-8(12-7-14)2-3-11-10/h2-4,7,9,13H,5-6H2,1H3,(H,11,12,14). The molecule has 1 aromatic heterocycles. The van der Waals surface area contributed by atoms with Crippen molar-refractivity contribution >= 4 is 23.9 Å². The quantitative estimate of drug-likeness (QED) is 0.690. The molecule has 0 fully saturated rings. The van der Waals surface area contributed by atoms with Crippen LogP contribution < -0.4 is 10.1 Å². The molecule has 16 heavy (non-hydrogen) atoms. The second kappa shape index (κ2) is 7.08. The van der Waals surface area contributed by atoms with E-state index in [2.05, 4.69) is 10.3 Å². The molecule has 1 amide bonds. The van der Waals surface area contributed by atoms with Crippen molar-refractivity contribution in [3.05, 3.63) is 18.3 Å². The number of aliphatic hydroxyl groups is 1. The number of ether oxygens (including phenoxy) is 1. The number of hydrogen-bond donors (Lipinski definition) is 2. The molecule has 1 aromatic rings. The van der Waals surface area contributed by atoms with Crippen LogP contribution in [-0.2, 0) is 4.79 Å². The molecule has 2 N–H and O–H groups in total. The Morgan fingerprint density at radius 3 is 3.19 bits per heavy atom. The molecule has 6 heteroatoms. The summed E-state index contributed by atoms with van der Waals surface area (Å²) in [6.45, 7) is 0.447. The molecule has 1 heterocycles. The molecule has 0 saturated carbocycles. The maximum atomic E-state index is 10.2. The number of hydrogen-bond acceptors (Lipinski definition) is 5. The molecule has 0 spiro atoms. The maximum absolute atomic E-state index is 10.2. The maximum Gasteiger partial charge on any atom is 0.215 e. The van der Waals surface area contributed by atoms with Crippen LogP contribution in [0.4, 0.5) is 5.69 Å². The van der Waals surface area contributed by atoms with Gasteiger partial charge in [-0.1, -0.05) is 0 Å². The van der Waals surface area contributed by atoms with Gasteiger partial charge in [-0.2, -0.15) is 11.8 Å². The number of pyridine rings is 1. The van der Waals surface area contributed by atoms with Gasteiger partial charge in [0.15, 0.2) is 0 Å². The van der Waals surface area contributed by atoms with Crippen molar-refractivity contribution in [1.29, 1.82) is 0 Å². The zero-order valence-corrected chi connectivity index (χ0v) is 9.74. The minimum absolute atomic E-state index is 0.0319. The van der Waals surface area contributed by atoms with Crippen LogP contribution in [0.25, 0.3) is 0 Å². The monoisotopic (exact) mass is 242 g/mol. The molecule has 0 bridgehead atoms. The predicted octanol–water partition coefficient (Wildman–Crippen LogP) is 0.753. The predicted molar refractivity (Wildman–Crippen MR) is 63.8 cm³/mol. The molecule has 0 radical (unpaired) electrons. The molecule has 0 aliphatic heterocycles. The molecule has 88 valence electrons. The Morgan fingerprint density at radius 2 is 2.56 bits per heavy atom. The first-order valence-electron chi connectivity index (χ1n) is 4.73. The van der Waals surface area contributed by atoms with Gasteiger partial charge in [-0.3, -0.25) is 4.79 Å². The van der Waals surface area contributed by atoms with E-state index < -0.39 is 0 Å². The van der Waals surface area contributed by atoms with Gasteiger partial charge in [-0.25, -0.2) is 4.98 Å². The van der Waals surface area contributed by atoms with E-state index in [1.807, 2.05) is 6.26 Å². The van der Waals surface area contributed by atoms with E-state index in [0.29, 0.717) is 24.6 Å². The van der Waals surface area contributed by atoms with Gasteiger partial charge in [-0.15, -0.1) is 0 Å². The van der Waals surface area contributed by atoms with Crippen molar-refractivity contribution in [2.45, 2.75) is 5.25 Å². The van der Waals surface area contributed by atoms with Crippen LogP contribution in [0.5, 0.6) is 5.88 Å². The van der Waals surface area contributed by atoms with Crippen molar-refractivity contribution in [2.24, 2.45) is 0 Å². The van der Waals surface area contributed by atoms with Crippen molar-refractivity contribution in [1.82, 2.24) is 4.98 Å². The fraction of sp³-hybridized carbons (Fsp3) is 0.400. The molecular formula is C10H14N2O3S. The number of anilines is 1. The van der Waals surface area contributed by atoms with Gasteiger partial charge in [-0.05, 0) is 12.3 Å². The lowest BCUT2D eigenvalue weighted by atomic mass is 10.4. The number of nitrogens with zero attached hydrogens (tertiary/aromatic N) is 1. The first-order chi connectivity index (χ1) is 7.80. The second-order valence-corrected chi connectivity index (χ2v) is 4.13. The summed E-state index contributed by atoms with van der Waals surface area (Å²) in [6.07, 6.45) is 4.05. The number of carbonyl (C=O) groups is 1. The molecule has 5 nitrogen and oxygen atoms in total. The average Bonchev–Trinajstić information content (AvgIpc) is 2.31. The first-order valence-corrected chi connectivity index (χ1v) is 6.01. The highest BCUT2D eigenvalue weighted by molar-refractivity contribution is 7.99. The molecular weight excluding hydrogens is 228 g/mol. The van der Waals surface area contributed by atoms with Gasteiger partial charge in [0.25, 0.3) is 0 Å². The van der Waals surface area contributed by atoms with Crippen LogP contribution in [-0.4, -0.2) is 41.2 Å². The summed E-state index contributed by atoms with van der Waals surface area (Å²) in [5.41, 5.74) is 0.629. The summed E-state index contributed by atoms with van der Waals surface area (Å²) in [7, 11) is 0. The van der Waals surface area contributed by atoms with Crippen molar-refractivity contribution in [3.8, 4) is 5.88 Å². The van der Waals surface area contributed by atoms with Crippen LogP contribution in [0.2, 0.25) is 0 Å². The van der Waals surface area contributed by atoms with Crippen LogP contribution in [0, 0.1) is 0 Å². The normalized spacial score (nSPS) is 11.9. The van der Waals surface area contributed by atoms with E-state index in [4.69, 9.17) is 9.84 Å². The van der Waals surface area contributed by atoms with E-state index >= 15 is 0 Å². The minimum Gasteiger partial charge on any atom is -0.476 e. The SMILES string of the molecule is CSC(CO)COc1cc(NC=O)ccn1.